The molecule has 0 spiro atoms. The Balaban J connectivity index is 1.77. The van der Waals surface area contributed by atoms with Crippen molar-refractivity contribution in [2.45, 2.75) is 19.1 Å². The summed E-state index contributed by atoms with van der Waals surface area (Å²) in [6, 6.07) is 0. The molecular formula is C10H18N2O3. The average Bonchev–Trinajstić information content (AvgIpc) is 2.23. The lowest BCUT2D eigenvalue weighted by Gasteiger charge is -2.33. The van der Waals surface area contributed by atoms with Crippen LogP contribution in [0.15, 0.2) is 0 Å². The van der Waals surface area contributed by atoms with Crippen LogP contribution < -0.4 is 5.32 Å². The van der Waals surface area contributed by atoms with E-state index in [0.717, 1.165) is 26.2 Å². The van der Waals surface area contributed by atoms with Crippen LogP contribution in [0, 0.1) is 0 Å². The second-order valence-electron chi connectivity index (χ2n) is 4.01. The van der Waals surface area contributed by atoms with Crippen molar-refractivity contribution in [2.24, 2.45) is 0 Å². The summed E-state index contributed by atoms with van der Waals surface area (Å²) < 4.78 is 10.6. The van der Waals surface area contributed by atoms with E-state index >= 15 is 0 Å². The van der Waals surface area contributed by atoms with Crippen molar-refractivity contribution in [2.75, 3.05) is 39.4 Å². The van der Waals surface area contributed by atoms with Gasteiger partial charge in [0.15, 0.2) is 0 Å². The van der Waals surface area contributed by atoms with Crippen molar-refractivity contribution in [3.63, 3.8) is 0 Å². The largest absolute Gasteiger partial charge is 0.376 e. The van der Waals surface area contributed by atoms with Gasteiger partial charge in [-0.05, 0) is 6.92 Å². The Morgan fingerprint density at radius 1 is 1.47 bits per heavy atom. The van der Waals surface area contributed by atoms with Gasteiger partial charge in [0.25, 0.3) is 5.91 Å². The van der Waals surface area contributed by atoms with Crippen LogP contribution in [0.4, 0.5) is 0 Å². The molecule has 0 aliphatic carbocycles. The van der Waals surface area contributed by atoms with E-state index in [9.17, 15) is 4.79 Å². The molecule has 0 aromatic carbocycles. The zero-order valence-electron chi connectivity index (χ0n) is 9.07. The highest BCUT2D eigenvalue weighted by atomic mass is 16.6. The molecule has 2 heterocycles. The van der Waals surface area contributed by atoms with Crippen LogP contribution in [0.2, 0.25) is 0 Å². The average molecular weight is 214 g/mol. The summed E-state index contributed by atoms with van der Waals surface area (Å²) in [5, 5.41) is 3.22. The molecule has 15 heavy (non-hydrogen) atoms. The lowest BCUT2D eigenvalue weighted by molar-refractivity contribution is -0.172. The maximum atomic E-state index is 11.9. The van der Waals surface area contributed by atoms with Crippen LogP contribution >= 0.6 is 0 Å². The Bertz CT molecular complexity index is 225. The molecule has 5 heteroatoms. The highest BCUT2D eigenvalue weighted by molar-refractivity contribution is 5.80. The SMILES string of the molecule is CC(OC1COC1)C(=O)N1CCNCC1. The summed E-state index contributed by atoms with van der Waals surface area (Å²) >= 11 is 0. The summed E-state index contributed by atoms with van der Waals surface area (Å²) in [5.41, 5.74) is 0. The molecular weight excluding hydrogens is 196 g/mol. The van der Waals surface area contributed by atoms with Crippen molar-refractivity contribution in [1.29, 1.82) is 0 Å². The Morgan fingerprint density at radius 2 is 2.13 bits per heavy atom. The van der Waals surface area contributed by atoms with E-state index < -0.39 is 0 Å². The third-order valence-electron chi connectivity index (χ3n) is 2.78. The van der Waals surface area contributed by atoms with Crippen LogP contribution in [-0.4, -0.2) is 62.4 Å². The Hall–Kier alpha value is -0.650. The van der Waals surface area contributed by atoms with E-state index in [1.807, 2.05) is 11.8 Å². The van der Waals surface area contributed by atoms with Crippen LogP contribution in [0.3, 0.4) is 0 Å². The maximum Gasteiger partial charge on any atom is 0.251 e. The Labute approximate surface area is 89.7 Å². The number of rotatable bonds is 3. The lowest BCUT2D eigenvalue weighted by Crippen LogP contribution is -2.51. The second kappa shape index (κ2) is 4.92. The van der Waals surface area contributed by atoms with Gasteiger partial charge in [-0.1, -0.05) is 0 Å². The summed E-state index contributed by atoms with van der Waals surface area (Å²) in [4.78, 5) is 13.8. The van der Waals surface area contributed by atoms with Crippen molar-refractivity contribution < 1.29 is 14.3 Å². The predicted octanol–water partition coefficient (Wildman–Crippen LogP) is -0.778. The van der Waals surface area contributed by atoms with E-state index in [2.05, 4.69) is 5.32 Å². The molecule has 1 N–H and O–H groups in total. The molecule has 0 bridgehead atoms. The number of ether oxygens (including phenoxy) is 2. The monoisotopic (exact) mass is 214 g/mol. The molecule has 1 amide bonds. The molecule has 0 aromatic heterocycles. The number of carbonyl (C=O) groups is 1. The van der Waals surface area contributed by atoms with Crippen molar-refractivity contribution in [3.05, 3.63) is 0 Å². The van der Waals surface area contributed by atoms with Gasteiger partial charge in [0, 0.05) is 26.2 Å². The van der Waals surface area contributed by atoms with Crippen molar-refractivity contribution >= 4 is 5.91 Å². The van der Waals surface area contributed by atoms with Gasteiger partial charge in [0.2, 0.25) is 0 Å². The van der Waals surface area contributed by atoms with Gasteiger partial charge in [-0.25, -0.2) is 0 Å². The van der Waals surface area contributed by atoms with Gasteiger partial charge in [0.1, 0.15) is 12.2 Å². The highest BCUT2D eigenvalue weighted by Crippen LogP contribution is 2.10. The number of carbonyl (C=O) groups excluding carboxylic acids is 1. The molecule has 2 aliphatic heterocycles. The van der Waals surface area contributed by atoms with Gasteiger partial charge in [-0.2, -0.15) is 0 Å². The quantitative estimate of drug-likeness (QED) is 0.670. The third-order valence-corrected chi connectivity index (χ3v) is 2.78. The van der Waals surface area contributed by atoms with E-state index in [1.165, 1.54) is 0 Å². The van der Waals surface area contributed by atoms with Crippen LogP contribution in [0.5, 0.6) is 0 Å². The normalized spacial score (nSPS) is 24.7. The van der Waals surface area contributed by atoms with E-state index in [4.69, 9.17) is 9.47 Å². The molecule has 2 rings (SSSR count). The minimum Gasteiger partial charge on any atom is -0.376 e. The van der Waals surface area contributed by atoms with E-state index in [0.29, 0.717) is 13.2 Å². The topological polar surface area (TPSA) is 50.8 Å². The molecule has 0 saturated carbocycles. The van der Waals surface area contributed by atoms with E-state index in [1.54, 1.807) is 0 Å². The van der Waals surface area contributed by atoms with Gasteiger partial charge in [0.05, 0.1) is 13.2 Å². The van der Waals surface area contributed by atoms with Crippen molar-refractivity contribution in [3.8, 4) is 0 Å². The number of nitrogens with zero attached hydrogens (tertiary/aromatic N) is 1. The van der Waals surface area contributed by atoms with Gasteiger partial charge >= 0.3 is 0 Å². The summed E-state index contributed by atoms with van der Waals surface area (Å²) in [7, 11) is 0. The zero-order valence-corrected chi connectivity index (χ0v) is 9.07. The zero-order chi connectivity index (χ0) is 10.7. The van der Waals surface area contributed by atoms with Gasteiger partial charge in [-0.3, -0.25) is 4.79 Å². The summed E-state index contributed by atoms with van der Waals surface area (Å²) in [6.07, 6.45) is -0.219. The molecule has 2 aliphatic rings. The molecule has 5 nitrogen and oxygen atoms in total. The number of hydrogen-bond acceptors (Lipinski definition) is 4. The third kappa shape index (κ3) is 2.68. The minimum absolute atomic E-state index is 0.100. The van der Waals surface area contributed by atoms with Crippen LogP contribution in [0.1, 0.15) is 6.92 Å². The summed E-state index contributed by atoms with van der Waals surface area (Å²) in [5.74, 6) is 0.100. The lowest BCUT2D eigenvalue weighted by atomic mass is 10.2. The summed E-state index contributed by atoms with van der Waals surface area (Å²) in [6.45, 7) is 6.40. The molecule has 86 valence electrons. The fourth-order valence-electron chi connectivity index (χ4n) is 1.78. The maximum absolute atomic E-state index is 11.9. The predicted molar refractivity (Wildman–Crippen MR) is 54.6 cm³/mol. The molecule has 2 fully saturated rings. The van der Waals surface area contributed by atoms with Crippen LogP contribution in [0.25, 0.3) is 0 Å². The second-order valence-corrected chi connectivity index (χ2v) is 4.01. The highest BCUT2D eigenvalue weighted by Gasteiger charge is 2.28. The minimum atomic E-state index is -0.336. The first-order valence-electron chi connectivity index (χ1n) is 5.50. The molecule has 2 saturated heterocycles. The molecule has 0 aromatic rings. The molecule has 1 atom stereocenters. The fourth-order valence-corrected chi connectivity index (χ4v) is 1.78. The standard InChI is InChI=1S/C10H18N2O3/c1-8(15-9-6-14-7-9)10(13)12-4-2-11-3-5-12/h8-9,11H,2-7H2,1H3. The number of nitrogens with one attached hydrogen (secondary N) is 1. The fraction of sp³-hybridized carbons (Fsp3) is 0.900. The van der Waals surface area contributed by atoms with Gasteiger partial charge in [-0.15, -0.1) is 0 Å². The first-order valence-corrected chi connectivity index (χ1v) is 5.50. The van der Waals surface area contributed by atoms with E-state index in [-0.39, 0.29) is 18.1 Å². The van der Waals surface area contributed by atoms with Gasteiger partial charge < -0.3 is 19.7 Å². The number of amides is 1. The molecule has 1 unspecified atom stereocenters. The van der Waals surface area contributed by atoms with Crippen molar-refractivity contribution in [1.82, 2.24) is 10.2 Å². The Morgan fingerprint density at radius 3 is 2.67 bits per heavy atom. The Kier molecular flexibility index (Phi) is 3.56. The number of hydrogen-bond donors (Lipinski definition) is 1. The smallest absolute Gasteiger partial charge is 0.251 e. The first-order chi connectivity index (χ1) is 7.27. The molecule has 0 radical (unpaired) electrons. The number of piperazine rings is 1. The first kappa shape index (κ1) is 10.9. The van der Waals surface area contributed by atoms with Crippen LogP contribution in [-0.2, 0) is 14.3 Å².